The van der Waals surface area contributed by atoms with Crippen molar-refractivity contribution in [2.24, 2.45) is 11.7 Å². The Balaban J connectivity index is 3.02. The number of halogens is 1. The molecule has 1 rings (SSSR count). The summed E-state index contributed by atoms with van der Waals surface area (Å²) < 4.78 is 10.9. The first kappa shape index (κ1) is 17.6. The number of nitrogens with one attached hydrogen (secondary N) is 1. The van der Waals surface area contributed by atoms with Gasteiger partial charge < -0.3 is 20.5 Å². The smallest absolute Gasteiger partial charge is 0.258 e. The van der Waals surface area contributed by atoms with Crippen molar-refractivity contribution < 1.29 is 14.3 Å². The van der Waals surface area contributed by atoms with E-state index in [9.17, 15) is 4.79 Å². The number of rotatable bonds is 8. The van der Waals surface area contributed by atoms with Crippen LogP contribution in [0.4, 0.5) is 0 Å². The van der Waals surface area contributed by atoms with Gasteiger partial charge in [-0.1, -0.05) is 25.4 Å². The van der Waals surface area contributed by atoms with Gasteiger partial charge in [-0.2, -0.15) is 0 Å². The first-order valence-corrected chi connectivity index (χ1v) is 7.26. The highest BCUT2D eigenvalue weighted by molar-refractivity contribution is 6.30. The molecule has 0 aliphatic heterocycles. The summed E-state index contributed by atoms with van der Waals surface area (Å²) in [6, 6.07) is 3.44. The third-order valence-electron chi connectivity index (χ3n) is 2.88. The molecule has 3 N–H and O–H groups in total. The number of carbonyl (C=O) groups is 1. The molecule has 0 saturated heterocycles. The SMILES string of the molecule is COc1cc(Cl)cc(CNCC(C)C)c1OC(C)C(N)=O. The number of primary amides is 1. The van der Waals surface area contributed by atoms with Crippen LogP contribution in [0.3, 0.4) is 0 Å². The first-order valence-electron chi connectivity index (χ1n) is 6.88. The molecule has 0 fully saturated rings. The molecule has 21 heavy (non-hydrogen) atoms. The molecule has 0 radical (unpaired) electrons. The summed E-state index contributed by atoms with van der Waals surface area (Å²) in [6.07, 6.45) is -0.746. The molecule has 6 heteroatoms. The van der Waals surface area contributed by atoms with Gasteiger partial charge in [-0.15, -0.1) is 0 Å². The Bertz CT molecular complexity index is 492. The van der Waals surface area contributed by atoms with E-state index in [4.69, 9.17) is 26.8 Å². The number of benzene rings is 1. The van der Waals surface area contributed by atoms with Crippen molar-refractivity contribution in [3.8, 4) is 11.5 Å². The van der Waals surface area contributed by atoms with Crippen LogP contribution in [0.2, 0.25) is 5.02 Å². The van der Waals surface area contributed by atoms with Crippen LogP contribution >= 0.6 is 11.6 Å². The molecule has 0 aliphatic rings. The van der Waals surface area contributed by atoms with Crippen LogP contribution in [0.15, 0.2) is 12.1 Å². The summed E-state index contributed by atoms with van der Waals surface area (Å²) >= 11 is 6.09. The largest absolute Gasteiger partial charge is 0.493 e. The monoisotopic (exact) mass is 314 g/mol. The molecule has 0 bridgehead atoms. The molecule has 1 aromatic carbocycles. The summed E-state index contributed by atoms with van der Waals surface area (Å²) in [5.74, 6) is 0.967. The van der Waals surface area contributed by atoms with E-state index in [2.05, 4.69) is 19.2 Å². The summed E-state index contributed by atoms with van der Waals surface area (Å²) in [7, 11) is 1.53. The standard InChI is InChI=1S/C15H23ClN2O3/c1-9(2)7-18-8-11-5-12(16)6-13(20-4)14(11)21-10(3)15(17)19/h5-6,9-10,18H,7-8H2,1-4H3,(H2,17,19). The van der Waals surface area contributed by atoms with Gasteiger partial charge >= 0.3 is 0 Å². The van der Waals surface area contributed by atoms with Crippen LogP contribution in [0.1, 0.15) is 26.3 Å². The van der Waals surface area contributed by atoms with Gasteiger partial charge in [0.2, 0.25) is 0 Å². The van der Waals surface area contributed by atoms with Crippen LogP contribution in [0.5, 0.6) is 11.5 Å². The van der Waals surface area contributed by atoms with Gasteiger partial charge in [0.15, 0.2) is 17.6 Å². The van der Waals surface area contributed by atoms with Gasteiger partial charge in [-0.05, 0) is 25.5 Å². The third-order valence-corrected chi connectivity index (χ3v) is 3.10. The zero-order valence-corrected chi connectivity index (χ0v) is 13.7. The number of ether oxygens (including phenoxy) is 2. The molecular weight excluding hydrogens is 292 g/mol. The lowest BCUT2D eigenvalue weighted by Crippen LogP contribution is -2.31. The van der Waals surface area contributed by atoms with E-state index < -0.39 is 12.0 Å². The van der Waals surface area contributed by atoms with E-state index in [1.165, 1.54) is 7.11 Å². The molecule has 0 heterocycles. The van der Waals surface area contributed by atoms with Gasteiger partial charge in [0.1, 0.15) is 0 Å². The van der Waals surface area contributed by atoms with E-state index >= 15 is 0 Å². The average molecular weight is 315 g/mol. The fraction of sp³-hybridized carbons (Fsp3) is 0.533. The Morgan fingerprint density at radius 2 is 2.05 bits per heavy atom. The zero-order chi connectivity index (χ0) is 16.0. The minimum absolute atomic E-state index is 0.483. The molecule has 1 aromatic rings. The first-order chi connectivity index (χ1) is 9.85. The maximum absolute atomic E-state index is 11.2. The van der Waals surface area contributed by atoms with Gasteiger partial charge in [0.05, 0.1) is 7.11 Å². The molecule has 118 valence electrons. The van der Waals surface area contributed by atoms with Crippen molar-refractivity contribution in [3.63, 3.8) is 0 Å². The molecule has 0 spiro atoms. The lowest BCUT2D eigenvalue weighted by Gasteiger charge is -2.19. The highest BCUT2D eigenvalue weighted by atomic mass is 35.5. The molecular formula is C15H23ClN2O3. The Morgan fingerprint density at radius 1 is 1.38 bits per heavy atom. The number of nitrogens with two attached hydrogens (primary N) is 1. The summed E-state index contributed by atoms with van der Waals surface area (Å²) in [5, 5.41) is 3.86. The second-order valence-corrected chi connectivity index (χ2v) is 5.72. The number of methoxy groups -OCH3 is 1. The fourth-order valence-corrected chi connectivity index (χ4v) is 2.00. The number of hydrogen-bond donors (Lipinski definition) is 2. The minimum atomic E-state index is -0.746. The molecule has 1 amide bonds. The van der Waals surface area contributed by atoms with E-state index in [-0.39, 0.29) is 0 Å². The minimum Gasteiger partial charge on any atom is -0.493 e. The van der Waals surface area contributed by atoms with Crippen molar-refractivity contribution >= 4 is 17.5 Å². The normalized spacial score (nSPS) is 12.3. The fourth-order valence-electron chi connectivity index (χ4n) is 1.77. The van der Waals surface area contributed by atoms with Crippen molar-refractivity contribution in [1.82, 2.24) is 5.32 Å². The van der Waals surface area contributed by atoms with Crippen LogP contribution in [-0.2, 0) is 11.3 Å². The Labute approximate surface area is 130 Å². The Morgan fingerprint density at radius 3 is 2.57 bits per heavy atom. The van der Waals surface area contributed by atoms with Crippen molar-refractivity contribution in [2.75, 3.05) is 13.7 Å². The summed E-state index contributed by atoms with van der Waals surface area (Å²) in [5.41, 5.74) is 6.08. The van der Waals surface area contributed by atoms with Crippen LogP contribution in [0, 0.1) is 5.92 Å². The second-order valence-electron chi connectivity index (χ2n) is 5.28. The van der Waals surface area contributed by atoms with Gasteiger partial charge in [-0.3, -0.25) is 4.79 Å². The molecule has 0 saturated carbocycles. The van der Waals surface area contributed by atoms with Crippen molar-refractivity contribution in [1.29, 1.82) is 0 Å². The summed E-state index contributed by atoms with van der Waals surface area (Å²) in [6.45, 7) is 7.27. The Kier molecular flexibility index (Phi) is 6.78. The molecule has 0 aromatic heterocycles. The molecule has 1 unspecified atom stereocenters. The zero-order valence-electron chi connectivity index (χ0n) is 12.9. The number of amides is 1. The molecule has 1 atom stereocenters. The van der Waals surface area contributed by atoms with E-state index in [0.29, 0.717) is 29.0 Å². The van der Waals surface area contributed by atoms with Crippen LogP contribution in [-0.4, -0.2) is 25.7 Å². The highest BCUT2D eigenvalue weighted by Crippen LogP contribution is 2.35. The number of carbonyl (C=O) groups excluding carboxylic acids is 1. The topological polar surface area (TPSA) is 73.6 Å². The maximum Gasteiger partial charge on any atom is 0.258 e. The van der Waals surface area contributed by atoms with Crippen molar-refractivity contribution in [3.05, 3.63) is 22.7 Å². The van der Waals surface area contributed by atoms with E-state index in [1.54, 1.807) is 19.1 Å². The maximum atomic E-state index is 11.2. The predicted octanol–water partition coefficient (Wildman–Crippen LogP) is 2.35. The molecule has 0 aliphatic carbocycles. The Hall–Kier alpha value is -1.46. The van der Waals surface area contributed by atoms with E-state index in [0.717, 1.165) is 12.1 Å². The lowest BCUT2D eigenvalue weighted by molar-refractivity contribution is -0.124. The van der Waals surface area contributed by atoms with Crippen LogP contribution in [0.25, 0.3) is 0 Å². The third kappa shape index (κ3) is 5.44. The van der Waals surface area contributed by atoms with Crippen molar-refractivity contribution in [2.45, 2.75) is 33.4 Å². The second kappa shape index (κ2) is 8.10. The van der Waals surface area contributed by atoms with Gasteiger partial charge in [0, 0.05) is 23.2 Å². The average Bonchev–Trinajstić information content (AvgIpc) is 2.40. The van der Waals surface area contributed by atoms with E-state index in [1.807, 2.05) is 0 Å². The van der Waals surface area contributed by atoms with Crippen LogP contribution < -0.4 is 20.5 Å². The summed E-state index contributed by atoms with van der Waals surface area (Å²) in [4.78, 5) is 11.2. The number of hydrogen-bond acceptors (Lipinski definition) is 4. The lowest BCUT2D eigenvalue weighted by atomic mass is 10.1. The van der Waals surface area contributed by atoms with Gasteiger partial charge in [0.25, 0.3) is 5.91 Å². The predicted molar refractivity (Wildman–Crippen MR) is 83.8 cm³/mol. The highest BCUT2D eigenvalue weighted by Gasteiger charge is 2.18. The van der Waals surface area contributed by atoms with Gasteiger partial charge in [-0.25, -0.2) is 0 Å². The quantitative estimate of drug-likeness (QED) is 0.772. The molecule has 5 nitrogen and oxygen atoms in total.